The van der Waals surface area contributed by atoms with E-state index in [1.807, 2.05) is 6.92 Å². The zero-order valence-electron chi connectivity index (χ0n) is 6.52. The van der Waals surface area contributed by atoms with Gasteiger partial charge in [0.1, 0.15) is 0 Å². The highest BCUT2D eigenvalue weighted by Crippen LogP contribution is 2.04. The SMILES string of the molecule is CC(=O)C1=C(C)NC(=S)NC1. The first-order valence-electron chi connectivity index (χ1n) is 3.37. The first kappa shape index (κ1) is 8.20. The number of hydrogen-bond acceptors (Lipinski definition) is 2. The monoisotopic (exact) mass is 170 g/mol. The number of thiocarbonyl (C=S) groups is 1. The van der Waals surface area contributed by atoms with Gasteiger partial charge in [0, 0.05) is 17.8 Å². The van der Waals surface area contributed by atoms with Gasteiger partial charge >= 0.3 is 0 Å². The summed E-state index contributed by atoms with van der Waals surface area (Å²) in [6, 6.07) is 0. The van der Waals surface area contributed by atoms with Crippen LogP contribution in [0.1, 0.15) is 13.8 Å². The van der Waals surface area contributed by atoms with E-state index in [1.54, 1.807) is 6.92 Å². The van der Waals surface area contributed by atoms with Crippen molar-refractivity contribution in [2.45, 2.75) is 13.8 Å². The average molecular weight is 170 g/mol. The van der Waals surface area contributed by atoms with Crippen molar-refractivity contribution < 1.29 is 4.79 Å². The van der Waals surface area contributed by atoms with Crippen molar-refractivity contribution >= 4 is 23.1 Å². The Morgan fingerprint density at radius 2 is 2.27 bits per heavy atom. The van der Waals surface area contributed by atoms with Crippen LogP contribution in [-0.2, 0) is 4.79 Å². The molecule has 1 rings (SSSR count). The zero-order valence-corrected chi connectivity index (χ0v) is 7.34. The third kappa shape index (κ3) is 1.77. The van der Waals surface area contributed by atoms with Crippen LogP contribution in [0.25, 0.3) is 0 Å². The molecule has 0 fully saturated rings. The van der Waals surface area contributed by atoms with Crippen LogP contribution in [0.2, 0.25) is 0 Å². The predicted octanol–water partition coefficient (Wildman–Crippen LogP) is 0.327. The molecule has 1 aliphatic rings. The quantitative estimate of drug-likeness (QED) is 0.556. The lowest BCUT2D eigenvalue weighted by atomic mass is 10.1. The molecule has 0 radical (unpaired) electrons. The first-order chi connectivity index (χ1) is 5.11. The Hall–Kier alpha value is -0.900. The molecular weight excluding hydrogens is 160 g/mol. The van der Waals surface area contributed by atoms with Crippen molar-refractivity contribution in [3.63, 3.8) is 0 Å². The number of ketones is 1. The van der Waals surface area contributed by atoms with Gasteiger partial charge in [-0.15, -0.1) is 0 Å². The van der Waals surface area contributed by atoms with E-state index in [1.165, 1.54) is 0 Å². The van der Waals surface area contributed by atoms with Gasteiger partial charge in [-0.05, 0) is 26.1 Å². The van der Waals surface area contributed by atoms with Crippen molar-refractivity contribution in [3.8, 4) is 0 Å². The summed E-state index contributed by atoms with van der Waals surface area (Å²) in [6.07, 6.45) is 0. The highest BCUT2D eigenvalue weighted by atomic mass is 32.1. The molecule has 2 N–H and O–H groups in total. The molecule has 11 heavy (non-hydrogen) atoms. The van der Waals surface area contributed by atoms with Crippen LogP contribution >= 0.6 is 12.2 Å². The lowest BCUT2D eigenvalue weighted by molar-refractivity contribution is -0.113. The van der Waals surface area contributed by atoms with Crippen LogP contribution < -0.4 is 10.6 Å². The molecule has 0 aliphatic carbocycles. The minimum atomic E-state index is 0.0880. The molecule has 3 nitrogen and oxygen atoms in total. The van der Waals surface area contributed by atoms with Crippen molar-refractivity contribution in [2.24, 2.45) is 0 Å². The van der Waals surface area contributed by atoms with Gasteiger partial charge < -0.3 is 10.6 Å². The number of rotatable bonds is 1. The van der Waals surface area contributed by atoms with E-state index in [9.17, 15) is 4.79 Å². The highest BCUT2D eigenvalue weighted by Gasteiger charge is 2.13. The normalized spacial score (nSPS) is 17.5. The Kier molecular flexibility index (Phi) is 2.24. The maximum atomic E-state index is 10.9. The summed E-state index contributed by atoms with van der Waals surface area (Å²) in [5, 5.41) is 6.37. The van der Waals surface area contributed by atoms with Crippen LogP contribution in [0, 0.1) is 0 Å². The summed E-state index contributed by atoms with van der Waals surface area (Å²) in [5.41, 5.74) is 1.64. The van der Waals surface area contributed by atoms with Crippen LogP contribution in [-0.4, -0.2) is 17.4 Å². The maximum Gasteiger partial charge on any atom is 0.170 e. The van der Waals surface area contributed by atoms with Crippen molar-refractivity contribution in [1.29, 1.82) is 0 Å². The molecule has 0 aromatic carbocycles. The fourth-order valence-electron chi connectivity index (χ4n) is 0.980. The number of carbonyl (C=O) groups excluding carboxylic acids is 1. The van der Waals surface area contributed by atoms with Gasteiger partial charge in [0.2, 0.25) is 0 Å². The van der Waals surface area contributed by atoms with E-state index in [0.29, 0.717) is 11.7 Å². The highest BCUT2D eigenvalue weighted by molar-refractivity contribution is 7.80. The summed E-state index contributed by atoms with van der Waals surface area (Å²) in [6.45, 7) is 3.95. The lowest BCUT2D eigenvalue weighted by Gasteiger charge is -2.20. The Morgan fingerprint density at radius 1 is 1.64 bits per heavy atom. The third-order valence-electron chi connectivity index (χ3n) is 1.60. The number of carbonyl (C=O) groups is 1. The predicted molar refractivity (Wildman–Crippen MR) is 47.1 cm³/mol. The van der Waals surface area contributed by atoms with E-state index >= 15 is 0 Å². The second kappa shape index (κ2) is 3.00. The van der Waals surface area contributed by atoms with E-state index in [-0.39, 0.29) is 5.78 Å². The van der Waals surface area contributed by atoms with E-state index < -0.39 is 0 Å². The molecule has 60 valence electrons. The van der Waals surface area contributed by atoms with Gasteiger partial charge in [0.05, 0.1) is 0 Å². The maximum absolute atomic E-state index is 10.9. The Balaban J connectivity index is 2.86. The molecule has 0 amide bonds. The molecule has 1 heterocycles. The van der Waals surface area contributed by atoms with E-state index in [2.05, 4.69) is 10.6 Å². The van der Waals surface area contributed by atoms with Gasteiger partial charge in [-0.1, -0.05) is 0 Å². The molecule has 1 aliphatic heterocycles. The molecule has 0 bridgehead atoms. The van der Waals surface area contributed by atoms with Gasteiger partial charge in [0.25, 0.3) is 0 Å². The number of nitrogens with one attached hydrogen (secondary N) is 2. The Bertz CT molecular complexity index is 245. The second-order valence-electron chi connectivity index (χ2n) is 2.47. The van der Waals surface area contributed by atoms with Crippen LogP contribution in [0.3, 0.4) is 0 Å². The Morgan fingerprint density at radius 3 is 2.73 bits per heavy atom. The first-order valence-corrected chi connectivity index (χ1v) is 3.77. The third-order valence-corrected chi connectivity index (χ3v) is 1.85. The molecule has 0 saturated carbocycles. The zero-order chi connectivity index (χ0) is 8.43. The molecule has 4 heteroatoms. The Labute approximate surface area is 70.9 Å². The van der Waals surface area contributed by atoms with E-state index in [0.717, 1.165) is 11.3 Å². The fourth-order valence-corrected chi connectivity index (χ4v) is 1.20. The second-order valence-corrected chi connectivity index (χ2v) is 2.88. The summed E-state index contributed by atoms with van der Waals surface area (Å²) in [4.78, 5) is 10.9. The summed E-state index contributed by atoms with van der Waals surface area (Å²) in [5.74, 6) is 0.0880. The fraction of sp³-hybridized carbons (Fsp3) is 0.429. The van der Waals surface area contributed by atoms with Gasteiger partial charge in [-0.2, -0.15) is 0 Å². The van der Waals surface area contributed by atoms with Crippen LogP contribution in [0.5, 0.6) is 0 Å². The summed E-state index contributed by atoms with van der Waals surface area (Å²) < 4.78 is 0. The standard InChI is InChI=1S/C7H10N2OS/c1-4-6(5(2)10)3-8-7(11)9-4/h3H2,1-2H3,(H2,8,9,11). The van der Waals surface area contributed by atoms with Crippen molar-refractivity contribution in [2.75, 3.05) is 6.54 Å². The topological polar surface area (TPSA) is 41.1 Å². The number of hydrogen-bond donors (Lipinski definition) is 2. The van der Waals surface area contributed by atoms with Gasteiger partial charge in [0.15, 0.2) is 10.9 Å². The molecular formula is C7H10N2OS. The van der Waals surface area contributed by atoms with Crippen LogP contribution in [0.4, 0.5) is 0 Å². The molecule has 0 aromatic heterocycles. The van der Waals surface area contributed by atoms with E-state index in [4.69, 9.17) is 12.2 Å². The smallest absolute Gasteiger partial charge is 0.170 e. The average Bonchev–Trinajstić information content (AvgIpc) is 1.85. The summed E-state index contributed by atoms with van der Waals surface area (Å²) >= 11 is 4.85. The molecule has 0 aromatic rings. The minimum absolute atomic E-state index is 0.0880. The van der Waals surface area contributed by atoms with Crippen molar-refractivity contribution in [3.05, 3.63) is 11.3 Å². The molecule has 0 atom stereocenters. The largest absolute Gasteiger partial charge is 0.358 e. The molecule has 0 spiro atoms. The minimum Gasteiger partial charge on any atom is -0.358 e. The molecule has 0 saturated heterocycles. The lowest BCUT2D eigenvalue weighted by Crippen LogP contribution is -2.42. The number of allylic oxidation sites excluding steroid dienone is 1. The molecule has 0 unspecified atom stereocenters. The summed E-state index contributed by atoms with van der Waals surface area (Å²) in [7, 11) is 0. The number of Topliss-reactive ketones (excluding diaryl/α,β-unsaturated/α-hetero) is 1. The van der Waals surface area contributed by atoms with Crippen LogP contribution in [0.15, 0.2) is 11.3 Å². The van der Waals surface area contributed by atoms with Gasteiger partial charge in [-0.25, -0.2) is 0 Å². The van der Waals surface area contributed by atoms with Crippen molar-refractivity contribution in [1.82, 2.24) is 10.6 Å². The van der Waals surface area contributed by atoms with Gasteiger partial charge in [-0.3, -0.25) is 4.79 Å².